The molecule has 0 saturated heterocycles. The Morgan fingerprint density at radius 3 is 2.33 bits per heavy atom. The van der Waals surface area contributed by atoms with E-state index in [1.807, 2.05) is 5.32 Å². The first-order valence-corrected chi connectivity index (χ1v) is 4.65. The van der Waals surface area contributed by atoms with Crippen molar-refractivity contribution >= 4 is 11.8 Å². The molecule has 0 aliphatic heterocycles. The first-order valence-electron chi connectivity index (χ1n) is 4.65. The molecule has 2 amide bonds. The Balaban J connectivity index is 2.80. The van der Waals surface area contributed by atoms with Crippen molar-refractivity contribution in [2.75, 3.05) is 0 Å². The van der Waals surface area contributed by atoms with Gasteiger partial charge in [-0.05, 0) is 17.7 Å². The average Bonchev–Trinajstić information content (AvgIpc) is 2.23. The fourth-order valence-electron chi connectivity index (χ4n) is 1.17. The average molecular weight is 264 g/mol. The Labute approximate surface area is 98.8 Å². The zero-order valence-electron chi connectivity index (χ0n) is 8.84. The quantitative estimate of drug-likeness (QED) is 0.616. The largest absolute Gasteiger partial charge is 0.419 e. The van der Waals surface area contributed by atoms with E-state index in [0.29, 0.717) is 12.1 Å². The molecule has 18 heavy (non-hydrogen) atoms. The van der Waals surface area contributed by atoms with E-state index in [2.05, 4.69) is 5.73 Å². The van der Waals surface area contributed by atoms with E-state index in [4.69, 9.17) is 0 Å². The number of alkyl halides is 3. The summed E-state index contributed by atoms with van der Waals surface area (Å²) in [6.07, 6.45) is -4.78. The molecule has 0 atom stereocenters. The van der Waals surface area contributed by atoms with Gasteiger partial charge in [-0.25, -0.2) is 4.39 Å². The number of nitrogens with two attached hydrogens (primary N) is 1. The number of hydrogen-bond donors (Lipinski definition) is 2. The lowest BCUT2D eigenvalue weighted by Crippen LogP contribution is -2.35. The van der Waals surface area contributed by atoms with Crippen molar-refractivity contribution in [3.05, 3.63) is 35.1 Å². The van der Waals surface area contributed by atoms with Crippen molar-refractivity contribution < 1.29 is 27.2 Å². The molecule has 98 valence electrons. The van der Waals surface area contributed by atoms with Gasteiger partial charge in [-0.3, -0.25) is 9.59 Å². The van der Waals surface area contributed by atoms with Crippen LogP contribution in [0, 0.1) is 5.82 Å². The molecule has 0 fully saturated rings. The van der Waals surface area contributed by atoms with Crippen molar-refractivity contribution in [3.8, 4) is 0 Å². The van der Waals surface area contributed by atoms with Crippen molar-refractivity contribution in [2.45, 2.75) is 12.7 Å². The molecule has 3 N–H and O–H groups in total. The van der Waals surface area contributed by atoms with Gasteiger partial charge in [0.25, 0.3) is 0 Å². The summed E-state index contributed by atoms with van der Waals surface area (Å²) in [7, 11) is 0. The summed E-state index contributed by atoms with van der Waals surface area (Å²) in [4.78, 5) is 21.1. The summed E-state index contributed by atoms with van der Waals surface area (Å²) < 4.78 is 49.8. The minimum atomic E-state index is -4.78. The lowest BCUT2D eigenvalue weighted by Gasteiger charge is -2.09. The summed E-state index contributed by atoms with van der Waals surface area (Å²) in [6, 6.07) is 2.18. The maximum Gasteiger partial charge on any atom is 0.419 e. The van der Waals surface area contributed by atoms with Gasteiger partial charge in [0.2, 0.25) is 0 Å². The third-order valence-corrected chi connectivity index (χ3v) is 2.02. The van der Waals surface area contributed by atoms with E-state index in [-0.39, 0.29) is 12.1 Å². The number of benzene rings is 1. The van der Waals surface area contributed by atoms with Gasteiger partial charge in [-0.15, -0.1) is 0 Å². The van der Waals surface area contributed by atoms with Gasteiger partial charge in [0.05, 0.1) is 5.56 Å². The number of carbonyl (C=O) groups is 2. The third-order valence-electron chi connectivity index (χ3n) is 2.02. The van der Waals surface area contributed by atoms with Gasteiger partial charge in [0.15, 0.2) is 0 Å². The van der Waals surface area contributed by atoms with Crippen LogP contribution in [-0.2, 0) is 22.3 Å². The summed E-state index contributed by atoms with van der Waals surface area (Å²) >= 11 is 0. The van der Waals surface area contributed by atoms with Crippen LogP contribution in [0.1, 0.15) is 11.1 Å². The van der Waals surface area contributed by atoms with Crippen molar-refractivity contribution in [3.63, 3.8) is 0 Å². The number of carbonyl (C=O) groups excluding carboxylic acids is 2. The molecule has 8 heteroatoms. The van der Waals surface area contributed by atoms with Crippen LogP contribution in [0.5, 0.6) is 0 Å². The fourth-order valence-corrected chi connectivity index (χ4v) is 1.17. The molecular formula is C10H8F4N2O2. The smallest absolute Gasteiger partial charge is 0.361 e. The van der Waals surface area contributed by atoms with Gasteiger partial charge in [-0.2, -0.15) is 13.2 Å². The Morgan fingerprint density at radius 1 is 1.28 bits per heavy atom. The van der Waals surface area contributed by atoms with Gasteiger partial charge in [-0.1, -0.05) is 6.07 Å². The summed E-state index contributed by atoms with van der Waals surface area (Å²) in [5, 5.41) is 2.02. The second-order valence-corrected chi connectivity index (χ2v) is 3.36. The highest BCUT2D eigenvalue weighted by atomic mass is 19.4. The topological polar surface area (TPSA) is 72.2 Å². The number of nitrogens with one attached hydrogen (secondary N) is 1. The molecule has 4 nitrogen and oxygen atoms in total. The van der Waals surface area contributed by atoms with Crippen LogP contribution < -0.4 is 11.1 Å². The van der Waals surface area contributed by atoms with Crippen molar-refractivity contribution in [1.82, 2.24) is 5.32 Å². The summed E-state index contributed by atoms with van der Waals surface area (Å²) in [5.74, 6) is -3.79. The number of hydrogen-bond acceptors (Lipinski definition) is 2. The van der Waals surface area contributed by atoms with Crippen molar-refractivity contribution in [2.24, 2.45) is 5.73 Å². The van der Waals surface area contributed by atoms with Crippen LogP contribution in [-0.4, -0.2) is 11.8 Å². The molecule has 0 aliphatic rings. The van der Waals surface area contributed by atoms with E-state index in [1.54, 1.807) is 0 Å². The number of rotatable bonds is 2. The maximum atomic E-state index is 13.1. The van der Waals surface area contributed by atoms with Crippen LogP contribution in [0.2, 0.25) is 0 Å². The van der Waals surface area contributed by atoms with Gasteiger partial charge < -0.3 is 11.1 Å². The monoisotopic (exact) mass is 264 g/mol. The minimum absolute atomic E-state index is 0.0788. The first-order chi connectivity index (χ1) is 8.21. The standard InChI is InChI=1S/C10H8F4N2O2/c11-7-3-5(4-16-9(18)8(15)17)1-2-6(7)10(12,13)14/h1-3H,4H2,(H2,15,17)(H,16,18). The molecule has 0 spiro atoms. The van der Waals surface area contributed by atoms with Crippen LogP contribution in [0.4, 0.5) is 17.6 Å². The maximum absolute atomic E-state index is 13.1. The Bertz CT molecular complexity index is 485. The SMILES string of the molecule is NC(=O)C(=O)NCc1ccc(C(F)(F)F)c(F)c1. The molecule has 1 aromatic rings. The molecule has 1 aromatic carbocycles. The molecule has 0 aliphatic carbocycles. The molecular weight excluding hydrogens is 256 g/mol. The normalized spacial score (nSPS) is 11.1. The molecule has 0 heterocycles. The first kappa shape index (κ1) is 13.9. The van der Waals surface area contributed by atoms with E-state index in [0.717, 1.165) is 6.07 Å². The Kier molecular flexibility index (Phi) is 3.89. The minimum Gasteiger partial charge on any atom is -0.361 e. The summed E-state index contributed by atoms with van der Waals surface area (Å²) in [5.41, 5.74) is 3.32. The molecule has 1 rings (SSSR count). The van der Waals surface area contributed by atoms with Gasteiger partial charge in [0.1, 0.15) is 5.82 Å². The van der Waals surface area contributed by atoms with Crippen LogP contribution in [0.3, 0.4) is 0 Å². The molecule has 0 aromatic heterocycles. The van der Waals surface area contributed by atoms with E-state index >= 15 is 0 Å². The predicted octanol–water partition coefficient (Wildman–Crippen LogP) is 0.946. The van der Waals surface area contributed by atoms with E-state index in [1.165, 1.54) is 0 Å². The molecule has 0 unspecified atom stereocenters. The number of amides is 2. The second-order valence-electron chi connectivity index (χ2n) is 3.36. The highest BCUT2D eigenvalue weighted by Crippen LogP contribution is 2.31. The lowest BCUT2D eigenvalue weighted by molar-refractivity contribution is -0.140. The Hall–Kier alpha value is -2.12. The van der Waals surface area contributed by atoms with E-state index < -0.39 is 29.4 Å². The van der Waals surface area contributed by atoms with Gasteiger partial charge in [0, 0.05) is 6.54 Å². The second kappa shape index (κ2) is 5.03. The third kappa shape index (κ3) is 3.44. The molecule has 0 radical (unpaired) electrons. The van der Waals surface area contributed by atoms with Gasteiger partial charge >= 0.3 is 18.0 Å². The highest BCUT2D eigenvalue weighted by molar-refractivity contribution is 6.34. The molecule has 0 bridgehead atoms. The van der Waals surface area contributed by atoms with Crippen LogP contribution >= 0.6 is 0 Å². The highest BCUT2D eigenvalue weighted by Gasteiger charge is 2.33. The zero-order chi connectivity index (χ0) is 13.9. The van der Waals surface area contributed by atoms with E-state index in [9.17, 15) is 27.2 Å². The Morgan fingerprint density at radius 2 is 1.89 bits per heavy atom. The summed E-state index contributed by atoms with van der Waals surface area (Å²) in [6.45, 7) is -0.295. The predicted molar refractivity (Wildman–Crippen MR) is 52.4 cm³/mol. The lowest BCUT2D eigenvalue weighted by atomic mass is 10.1. The zero-order valence-corrected chi connectivity index (χ0v) is 8.84. The fraction of sp³-hybridized carbons (Fsp3) is 0.200. The van der Waals surface area contributed by atoms with Crippen molar-refractivity contribution in [1.29, 1.82) is 0 Å². The van der Waals surface area contributed by atoms with Crippen LogP contribution in [0.25, 0.3) is 0 Å². The number of primary amides is 1. The number of halogens is 4. The van der Waals surface area contributed by atoms with Crippen LogP contribution in [0.15, 0.2) is 18.2 Å². The molecule has 0 saturated carbocycles.